The highest BCUT2D eigenvalue weighted by molar-refractivity contribution is 5.62. The monoisotopic (exact) mass is 177 g/mol. The third kappa shape index (κ3) is 2.71. The lowest BCUT2D eigenvalue weighted by atomic mass is 10.1. The molecule has 0 aliphatic rings. The Morgan fingerprint density at radius 1 is 1.38 bits per heavy atom. The fraction of sp³-hybridized carbons (Fsp3) is 0.200. The normalized spacial score (nSPS) is 11.4. The van der Waals surface area contributed by atoms with Crippen molar-refractivity contribution in [1.82, 2.24) is 0 Å². The molecule has 0 unspecified atom stereocenters. The zero-order valence-corrected chi connectivity index (χ0v) is 7.65. The number of hydrogen-bond acceptors (Lipinski definition) is 2. The SMILES string of the molecule is CC(=C[N+](=O)[O-])c1ccc(C)cc1. The van der Waals surface area contributed by atoms with Gasteiger partial charge in [-0.1, -0.05) is 29.8 Å². The van der Waals surface area contributed by atoms with Crippen LogP contribution in [0.15, 0.2) is 30.5 Å². The van der Waals surface area contributed by atoms with Gasteiger partial charge in [0.2, 0.25) is 6.20 Å². The molecule has 0 aliphatic carbocycles. The minimum atomic E-state index is -0.435. The molecular weight excluding hydrogens is 166 g/mol. The first-order chi connectivity index (χ1) is 6.09. The summed E-state index contributed by atoms with van der Waals surface area (Å²) in [6, 6.07) is 7.63. The summed E-state index contributed by atoms with van der Waals surface area (Å²) in [5, 5.41) is 10.2. The van der Waals surface area contributed by atoms with Crippen molar-refractivity contribution in [1.29, 1.82) is 0 Å². The van der Waals surface area contributed by atoms with Gasteiger partial charge in [0.15, 0.2) is 0 Å². The van der Waals surface area contributed by atoms with Crippen molar-refractivity contribution >= 4 is 5.57 Å². The van der Waals surface area contributed by atoms with Gasteiger partial charge in [-0.2, -0.15) is 0 Å². The maximum atomic E-state index is 10.2. The van der Waals surface area contributed by atoms with Crippen LogP contribution in [0.1, 0.15) is 18.1 Å². The molecule has 0 fully saturated rings. The molecule has 0 N–H and O–H groups in total. The second-order valence-electron chi connectivity index (χ2n) is 2.96. The predicted octanol–water partition coefficient (Wildman–Crippen LogP) is 2.63. The summed E-state index contributed by atoms with van der Waals surface area (Å²) < 4.78 is 0. The Labute approximate surface area is 76.9 Å². The molecule has 0 amide bonds. The average Bonchev–Trinajstić information content (AvgIpc) is 2.04. The van der Waals surface area contributed by atoms with Crippen LogP contribution in [0.25, 0.3) is 5.57 Å². The Balaban J connectivity index is 2.96. The second kappa shape index (κ2) is 3.85. The van der Waals surface area contributed by atoms with Gasteiger partial charge in [-0.25, -0.2) is 0 Å². The minimum Gasteiger partial charge on any atom is -0.259 e. The van der Waals surface area contributed by atoms with Crippen molar-refractivity contribution in [3.8, 4) is 0 Å². The molecule has 0 saturated heterocycles. The Hall–Kier alpha value is -1.64. The number of aryl methyl sites for hydroxylation is 1. The van der Waals surface area contributed by atoms with Gasteiger partial charge in [0.25, 0.3) is 0 Å². The van der Waals surface area contributed by atoms with Gasteiger partial charge in [0.05, 0.1) is 4.92 Å². The third-order valence-corrected chi connectivity index (χ3v) is 1.81. The molecule has 1 aromatic rings. The van der Waals surface area contributed by atoms with Crippen LogP contribution >= 0.6 is 0 Å². The van der Waals surface area contributed by atoms with Crippen molar-refractivity contribution in [2.24, 2.45) is 0 Å². The van der Waals surface area contributed by atoms with E-state index in [-0.39, 0.29) is 0 Å². The summed E-state index contributed by atoms with van der Waals surface area (Å²) >= 11 is 0. The molecule has 0 aliphatic heterocycles. The van der Waals surface area contributed by atoms with E-state index in [1.54, 1.807) is 6.92 Å². The summed E-state index contributed by atoms with van der Waals surface area (Å²) in [5.74, 6) is 0. The van der Waals surface area contributed by atoms with Gasteiger partial charge >= 0.3 is 0 Å². The number of nitrogens with zero attached hydrogens (tertiary/aromatic N) is 1. The van der Waals surface area contributed by atoms with Crippen LogP contribution < -0.4 is 0 Å². The van der Waals surface area contributed by atoms with Crippen molar-refractivity contribution in [3.63, 3.8) is 0 Å². The topological polar surface area (TPSA) is 43.1 Å². The van der Waals surface area contributed by atoms with E-state index >= 15 is 0 Å². The Bertz CT molecular complexity index is 338. The molecule has 68 valence electrons. The van der Waals surface area contributed by atoms with Gasteiger partial charge < -0.3 is 0 Å². The molecule has 0 atom stereocenters. The first kappa shape index (κ1) is 9.45. The van der Waals surface area contributed by atoms with Gasteiger partial charge in [0.1, 0.15) is 0 Å². The van der Waals surface area contributed by atoms with Crippen LogP contribution in [0.3, 0.4) is 0 Å². The predicted molar refractivity (Wildman–Crippen MR) is 51.8 cm³/mol. The maximum Gasteiger partial charge on any atom is 0.237 e. The number of benzene rings is 1. The molecule has 0 aromatic heterocycles. The number of nitro groups is 1. The molecule has 13 heavy (non-hydrogen) atoms. The van der Waals surface area contributed by atoms with E-state index in [0.29, 0.717) is 5.57 Å². The summed E-state index contributed by atoms with van der Waals surface area (Å²) in [6.07, 6.45) is 1.02. The second-order valence-corrected chi connectivity index (χ2v) is 2.96. The van der Waals surface area contributed by atoms with E-state index in [0.717, 1.165) is 17.3 Å². The van der Waals surface area contributed by atoms with Crippen molar-refractivity contribution in [3.05, 3.63) is 51.7 Å². The zero-order valence-electron chi connectivity index (χ0n) is 7.65. The number of hydrogen-bond donors (Lipinski definition) is 0. The van der Waals surface area contributed by atoms with Crippen LogP contribution in [0.2, 0.25) is 0 Å². The number of rotatable bonds is 2. The molecule has 0 spiro atoms. The Morgan fingerprint density at radius 2 is 1.92 bits per heavy atom. The smallest absolute Gasteiger partial charge is 0.237 e. The molecular formula is C10H11NO2. The van der Waals surface area contributed by atoms with E-state index in [4.69, 9.17) is 0 Å². The van der Waals surface area contributed by atoms with E-state index in [1.165, 1.54) is 0 Å². The van der Waals surface area contributed by atoms with Crippen LogP contribution in [0.4, 0.5) is 0 Å². The summed E-state index contributed by atoms with van der Waals surface area (Å²) in [5.41, 5.74) is 2.71. The van der Waals surface area contributed by atoms with Crippen LogP contribution in [0, 0.1) is 17.0 Å². The van der Waals surface area contributed by atoms with Crippen LogP contribution in [-0.4, -0.2) is 4.92 Å². The zero-order chi connectivity index (χ0) is 9.84. The molecule has 3 nitrogen and oxygen atoms in total. The molecule has 0 bridgehead atoms. The Morgan fingerprint density at radius 3 is 2.38 bits per heavy atom. The highest BCUT2D eigenvalue weighted by Gasteiger charge is 1.99. The first-order valence-electron chi connectivity index (χ1n) is 3.98. The largest absolute Gasteiger partial charge is 0.259 e. The van der Waals surface area contributed by atoms with Crippen LogP contribution in [-0.2, 0) is 0 Å². The van der Waals surface area contributed by atoms with E-state index in [9.17, 15) is 10.1 Å². The fourth-order valence-electron chi connectivity index (χ4n) is 1.05. The number of allylic oxidation sites excluding steroid dienone is 1. The highest BCUT2D eigenvalue weighted by Crippen LogP contribution is 2.13. The molecule has 0 saturated carbocycles. The maximum absolute atomic E-state index is 10.2. The summed E-state index contributed by atoms with van der Waals surface area (Å²) in [7, 11) is 0. The van der Waals surface area contributed by atoms with Gasteiger partial charge in [-0.3, -0.25) is 10.1 Å². The quantitative estimate of drug-likeness (QED) is 0.514. The molecule has 3 heteroatoms. The standard InChI is InChI=1S/C10H11NO2/c1-8-3-5-10(6-4-8)9(2)7-11(12)13/h3-7H,1-2H3. The lowest BCUT2D eigenvalue weighted by Gasteiger charge is -1.98. The van der Waals surface area contributed by atoms with E-state index in [2.05, 4.69) is 0 Å². The lowest BCUT2D eigenvalue weighted by molar-refractivity contribution is -0.401. The third-order valence-electron chi connectivity index (χ3n) is 1.81. The summed E-state index contributed by atoms with van der Waals surface area (Å²) in [4.78, 5) is 9.74. The van der Waals surface area contributed by atoms with Crippen molar-refractivity contribution < 1.29 is 4.92 Å². The highest BCUT2D eigenvalue weighted by atomic mass is 16.6. The van der Waals surface area contributed by atoms with Gasteiger partial charge in [0, 0.05) is 5.57 Å². The first-order valence-corrected chi connectivity index (χ1v) is 3.98. The van der Waals surface area contributed by atoms with Crippen molar-refractivity contribution in [2.45, 2.75) is 13.8 Å². The summed E-state index contributed by atoms with van der Waals surface area (Å²) in [6.45, 7) is 3.71. The average molecular weight is 177 g/mol. The van der Waals surface area contributed by atoms with E-state index < -0.39 is 4.92 Å². The molecule has 1 rings (SSSR count). The lowest BCUT2D eigenvalue weighted by Crippen LogP contribution is -1.87. The van der Waals surface area contributed by atoms with Crippen molar-refractivity contribution in [2.75, 3.05) is 0 Å². The van der Waals surface area contributed by atoms with Gasteiger partial charge in [-0.15, -0.1) is 0 Å². The van der Waals surface area contributed by atoms with Gasteiger partial charge in [-0.05, 0) is 19.4 Å². The Kier molecular flexibility index (Phi) is 2.80. The van der Waals surface area contributed by atoms with E-state index in [1.807, 2.05) is 31.2 Å². The molecule has 1 aromatic carbocycles. The minimum absolute atomic E-state index is 0.435. The molecule has 0 radical (unpaired) electrons. The fourth-order valence-corrected chi connectivity index (χ4v) is 1.05. The van der Waals surface area contributed by atoms with Crippen LogP contribution in [0.5, 0.6) is 0 Å². The molecule has 0 heterocycles.